The maximum atomic E-state index is 12.0. The lowest BCUT2D eigenvalue weighted by molar-refractivity contribution is 0.0644. The number of amides is 1. The van der Waals surface area contributed by atoms with E-state index in [0.717, 1.165) is 6.42 Å². The molecule has 5 heteroatoms. The zero-order chi connectivity index (χ0) is 13.9. The molecule has 0 saturated heterocycles. The van der Waals surface area contributed by atoms with Crippen LogP contribution in [0.1, 0.15) is 48.3 Å². The Morgan fingerprint density at radius 2 is 1.83 bits per heavy atom. The summed E-state index contributed by atoms with van der Waals surface area (Å²) in [6.45, 7) is 6.13. The van der Waals surface area contributed by atoms with E-state index in [4.69, 9.17) is 9.52 Å². The van der Waals surface area contributed by atoms with Crippen LogP contribution in [0.25, 0.3) is 0 Å². The fourth-order valence-electron chi connectivity index (χ4n) is 1.78. The predicted molar refractivity (Wildman–Crippen MR) is 66.7 cm³/mol. The molecule has 0 aromatic carbocycles. The minimum Gasteiger partial charge on any atom is -0.475 e. The molecule has 0 fully saturated rings. The van der Waals surface area contributed by atoms with Gasteiger partial charge in [0.15, 0.2) is 5.76 Å². The van der Waals surface area contributed by atoms with Crippen molar-refractivity contribution in [2.75, 3.05) is 7.05 Å². The monoisotopic (exact) mass is 253 g/mol. The van der Waals surface area contributed by atoms with Crippen LogP contribution in [0.5, 0.6) is 0 Å². The van der Waals surface area contributed by atoms with Gasteiger partial charge in [-0.15, -0.1) is 0 Å². The minimum atomic E-state index is -1.17. The first kappa shape index (κ1) is 14.3. The number of carbonyl (C=O) groups is 2. The zero-order valence-corrected chi connectivity index (χ0v) is 11.1. The predicted octanol–water partition coefficient (Wildman–Crippen LogP) is 2.48. The summed E-state index contributed by atoms with van der Waals surface area (Å²) in [5.74, 6) is -1.14. The Hall–Kier alpha value is -1.78. The second kappa shape index (κ2) is 5.71. The van der Waals surface area contributed by atoms with Crippen LogP contribution in [-0.4, -0.2) is 35.0 Å². The summed E-state index contributed by atoms with van der Waals surface area (Å²) in [6.07, 6.45) is 0.884. The SMILES string of the molecule is CC(C)CC(C)N(C)C(=O)c1ccc(C(=O)O)o1. The van der Waals surface area contributed by atoms with Crippen LogP contribution in [0.3, 0.4) is 0 Å². The number of hydrogen-bond acceptors (Lipinski definition) is 3. The summed E-state index contributed by atoms with van der Waals surface area (Å²) in [7, 11) is 1.69. The van der Waals surface area contributed by atoms with E-state index < -0.39 is 5.97 Å². The molecule has 1 atom stereocenters. The molecular formula is C13H19NO4. The van der Waals surface area contributed by atoms with Crippen LogP contribution in [0.4, 0.5) is 0 Å². The van der Waals surface area contributed by atoms with Gasteiger partial charge >= 0.3 is 5.97 Å². The molecule has 1 aromatic rings. The van der Waals surface area contributed by atoms with Crippen molar-refractivity contribution in [1.82, 2.24) is 4.90 Å². The van der Waals surface area contributed by atoms with E-state index in [2.05, 4.69) is 13.8 Å². The van der Waals surface area contributed by atoms with Gasteiger partial charge in [-0.05, 0) is 31.4 Å². The average Bonchev–Trinajstić information content (AvgIpc) is 2.75. The minimum absolute atomic E-state index is 0.0607. The van der Waals surface area contributed by atoms with Gasteiger partial charge in [-0.25, -0.2) is 4.79 Å². The van der Waals surface area contributed by atoms with Crippen molar-refractivity contribution in [3.63, 3.8) is 0 Å². The molecular weight excluding hydrogens is 234 g/mol. The Kier molecular flexibility index (Phi) is 4.53. The van der Waals surface area contributed by atoms with Crippen LogP contribution in [0.2, 0.25) is 0 Å². The summed E-state index contributed by atoms with van der Waals surface area (Å²) >= 11 is 0. The normalized spacial score (nSPS) is 12.5. The molecule has 1 aromatic heterocycles. The summed E-state index contributed by atoms with van der Waals surface area (Å²) < 4.78 is 4.99. The maximum Gasteiger partial charge on any atom is 0.371 e. The number of nitrogens with zero attached hydrogens (tertiary/aromatic N) is 1. The second-order valence-corrected chi connectivity index (χ2v) is 4.86. The molecule has 1 heterocycles. The lowest BCUT2D eigenvalue weighted by Crippen LogP contribution is -2.35. The number of rotatable bonds is 5. The van der Waals surface area contributed by atoms with Crippen molar-refractivity contribution < 1.29 is 19.1 Å². The van der Waals surface area contributed by atoms with Crippen LogP contribution in [0, 0.1) is 5.92 Å². The van der Waals surface area contributed by atoms with Gasteiger partial charge in [-0.2, -0.15) is 0 Å². The number of carboxylic acid groups (broad SMARTS) is 1. The molecule has 1 rings (SSSR count). The van der Waals surface area contributed by atoms with Crippen LogP contribution < -0.4 is 0 Å². The topological polar surface area (TPSA) is 70.8 Å². The van der Waals surface area contributed by atoms with Crippen LogP contribution in [-0.2, 0) is 0 Å². The number of hydrogen-bond donors (Lipinski definition) is 1. The van der Waals surface area contributed by atoms with Gasteiger partial charge in [-0.1, -0.05) is 13.8 Å². The van der Waals surface area contributed by atoms with Crippen molar-refractivity contribution >= 4 is 11.9 Å². The largest absolute Gasteiger partial charge is 0.475 e. The first-order valence-electron chi connectivity index (χ1n) is 5.93. The van der Waals surface area contributed by atoms with Crippen molar-refractivity contribution in [3.05, 3.63) is 23.7 Å². The second-order valence-electron chi connectivity index (χ2n) is 4.86. The van der Waals surface area contributed by atoms with E-state index in [-0.39, 0.29) is 23.5 Å². The average molecular weight is 253 g/mol. The first-order valence-corrected chi connectivity index (χ1v) is 5.93. The van der Waals surface area contributed by atoms with E-state index in [1.807, 2.05) is 6.92 Å². The van der Waals surface area contributed by atoms with E-state index in [1.165, 1.54) is 12.1 Å². The highest BCUT2D eigenvalue weighted by molar-refractivity contribution is 5.93. The number of carbonyl (C=O) groups excluding carboxylic acids is 1. The number of furan rings is 1. The van der Waals surface area contributed by atoms with E-state index >= 15 is 0 Å². The van der Waals surface area contributed by atoms with Gasteiger partial charge in [-0.3, -0.25) is 4.79 Å². The van der Waals surface area contributed by atoms with E-state index in [9.17, 15) is 9.59 Å². The fourth-order valence-corrected chi connectivity index (χ4v) is 1.78. The molecule has 0 aliphatic rings. The van der Waals surface area contributed by atoms with Crippen molar-refractivity contribution in [3.8, 4) is 0 Å². The van der Waals surface area contributed by atoms with Crippen molar-refractivity contribution in [1.29, 1.82) is 0 Å². The van der Waals surface area contributed by atoms with Gasteiger partial charge < -0.3 is 14.4 Å². The molecule has 1 N–H and O–H groups in total. The van der Waals surface area contributed by atoms with Gasteiger partial charge in [0.1, 0.15) is 0 Å². The van der Waals surface area contributed by atoms with Gasteiger partial charge in [0, 0.05) is 13.1 Å². The van der Waals surface area contributed by atoms with Crippen LogP contribution in [0.15, 0.2) is 16.5 Å². The first-order chi connectivity index (χ1) is 8.32. The molecule has 5 nitrogen and oxygen atoms in total. The molecule has 100 valence electrons. The maximum absolute atomic E-state index is 12.0. The lowest BCUT2D eigenvalue weighted by Gasteiger charge is -2.25. The van der Waals surface area contributed by atoms with Gasteiger partial charge in [0.05, 0.1) is 0 Å². The third kappa shape index (κ3) is 3.35. The third-order valence-corrected chi connectivity index (χ3v) is 2.82. The highest BCUT2D eigenvalue weighted by atomic mass is 16.4. The highest BCUT2D eigenvalue weighted by Gasteiger charge is 2.22. The molecule has 1 amide bonds. The molecule has 0 aliphatic carbocycles. The summed E-state index contributed by atoms with van der Waals surface area (Å²) in [5, 5.41) is 8.73. The Morgan fingerprint density at radius 1 is 1.28 bits per heavy atom. The standard InChI is InChI=1S/C13H19NO4/c1-8(2)7-9(3)14(4)12(15)10-5-6-11(18-10)13(16)17/h5-6,8-9H,7H2,1-4H3,(H,16,17). The summed E-state index contributed by atoms with van der Waals surface area (Å²) in [4.78, 5) is 24.3. The van der Waals surface area contributed by atoms with Crippen molar-refractivity contribution in [2.24, 2.45) is 5.92 Å². The Labute approximate surface area is 106 Å². The van der Waals surface area contributed by atoms with Crippen molar-refractivity contribution in [2.45, 2.75) is 33.2 Å². The molecule has 0 aliphatic heterocycles. The van der Waals surface area contributed by atoms with Gasteiger partial charge in [0.25, 0.3) is 5.91 Å². The number of carboxylic acids is 1. The quantitative estimate of drug-likeness (QED) is 0.875. The zero-order valence-electron chi connectivity index (χ0n) is 11.1. The van der Waals surface area contributed by atoms with E-state index in [0.29, 0.717) is 5.92 Å². The highest BCUT2D eigenvalue weighted by Crippen LogP contribution is 2.15. The lowest BCUT2D eigenvalue weighted by atomic mass is 10.0. The molecule has 18 heavy (non-hydrogen) atoms. The Morgan fingerprint density at radius 3 is 2.28 bits per heavy atom. The Balaban J connectivity index is 2.76. The third-order valence-electron chi connectivity index (χ3n) is 2.82. The smallest absolute Gasteiger partial charge is 0.371 e. The Bertz CT molecular complexity index is 436. The molecule has 0 spiro atoms. The van der Waals surface area contributed by atoms with E-state index in [1.54, 1.807) is 11.9 Å². The van der Waals surface area contributed by atoms with Gasteiger partial charge in [0.2, 0.25) is 5.76 Å². The molecule has 0 radical (unpaired) electrons. The molecule has 0 bridgehead atoms. The molecule has 1 unspecified atom stereocenters. The van der Waals surface area contributed by atoms with Crippen LogP contribution >= 0.6 is 0 Å². The molecule has 0 saturated carbocycles. The fraction of sp³-hybridized carbons (Fsp3) is 0.538. The summed E-state index contributed by atoms with van der Waals surface area (Å²) in [5.41, 5.74) is 0. The number of aromatic carboxylic acids is 1. The summed E-state index contributed by atoms with van der Waals surface area (Å²) in [6, 6.07) is 2.76.